The molecular formula is C12H9F3N2O2S. The van der Waals surface area contributed by atoms with Gasteiger partial charge in [-0.05, 0) is 6.92 Å². The van der Waals surface area contributed by atoms with Crippen molar-refractivity contribution in [3.8, 4) is 5.69 Å². The predicted octanol–water partition coefficient (Wildman–Crippen LogP) is 2.77. The van der Waals surface area contributed by atoms with Gasteiger partial charge in [0, 0.05) is 18.3 Å². The van der Waals surface area contributed by atoms with Gasteiger partial charge in [0.25, 0.3) is 0 Å². The average molecular weight is 302 g/mol. The Balaban J connectivity index is 2.50. The van der Waals surface area contributed by atoms with Gasteiger partial charge in [0.2, 0.25) is 0 Å². The van der Waals surface area contributed by atoms with E-state index >= 15 is 0 Å². The van der Waals surface area contributed by atoms with E-state index in [0.29, 0.717) is 17.8 Å². The lowest BCUT2D eigenvalue weighted by atomic mass is 10.3. The van der Waals surface area contributed by atoms with Crippen molar-refractivity contribution in [2.45, 2.75) is 12.1 Å². The third-order valence-corrected chi connectivity index (χ3v) is 3.28. The number of benzene rings is 1. The summed E-state index contributed by atoms with van der Waals surface area (Å²) in [5.74, 6) is -4.59. The van der Waals surface area contributed by atoms with Crippen LogP contribution >= 0.6 is 11.8 Å². The second-order valence-corrected chi connectivity index (χ2v) is 4.88. The number of aromatic nitrogens is 2. The fourth-order valence-electron chi connectivity index (χ4n) is 1.63. The lowest BCUT2D eigenvalue weighted by molar-refractivity contribution is -0.133. The van der Waals surface area contributed by atoms with Crippen molar-refractivity contribution in [2.24, 2.45) is 0 Å². The summed E-state index contributed by atoms with van der Waals surface area (Å²) in [6.45, 7) is 1.60. The molecule has 1 aromatic carbocycles. The molecule has 2 aromatic rings. The van der Waals surface area contributed by atoms with Gasteiger partial charge in [-0.2, -0.15) is 0 Å². The molecule has 1 heterocycles. The summed E-state index contributed by atoms with van der Waals surface area (Å²) in [7, 11) is 0. The molecule has 20 heavy (non-hydrogen) atoms. The molecular weight excluding hydrogens is 293 g/mol. The van der Waals surface area contributed by atoms with Crippen LogP contribution in [0.3, 0.4) is 0 Å². The number of halogens is 3. The molecule has 8 heteroatoms. The van der Waals surface area contributed by atoms with Crippen molar-refractivity contribution in [1.82, 2.24) is 9.55 Å². The van der Waals surface area contributed by atoms with Gasteiger partial charge in [0.15, 0.2) is 16.8 Å². The fourth-order valence-corrected chi connectivity index (χ4v) is 2.37. The number of carboxylic acids is 1. The van der Waals surface area contributed by atoms with Crippen LogP contribution in [0.25, 0.3) is 5.69 Å². The standard InChI is InChI=1S/C12H9F3N2O2S/c1-6-4-17(12(16-6)20-5-10(18)19)11-8(14)2-7(13)3-9(11)15/h2-4H,5H2,1H3,(H,18,19). The molecule has 0 aliphatic rings. The molecule has 0 spiro atoms. The molecule has 0 bridgehead atoms. The van der Waals surface area contributed by atoms with Crippen molar-refractivity contribution < 1.29 is 23.1 Å². The maximum absolute atomic E-state index is 13.7. The number of imidazole rings is 1. The van der Waals surface area contributed by atoms with E-state index in [2.05, 4.69) is 4.98 Å². The summed E-state index contributed by atoms with van der Waals surface area (Å²) < 4.78 is 41.4. The summed E-state index contributed by atoms with van der Waals surface area (Å²) >= 11 is 0.818. The zero-order valence-electron chi connectivity index (χ0n) is 10.2. The molecule has 1 aromatic heterocycles. The maximum Gasteiger partial charge on any atom is 0.313 e. The topological polar surface area (TPSA) is 55.1 Å². The van der Waals surface area contributed by atoms with Crippen LogP contribution < -0.4 is 0 Å². The zero-order valence-corrected chi connectivity index (χ0v) is 11.0. The second-order valence-electron chi connectivity index (χ2n) is 3.94. The molecule has 0 radical (unpaired) electrons. The zero-order chi connectivity index (χ0) is 14.9. The van der Waals surface area contributed by atoms with Gasteiger partial charge in [-0.15, -0.1) is 0 Å². The van der Waals surface area contributed by atoms with Crippen molar-refractivity contribution in [1.29, 1.82) is 0 Å². The number of hydrogen-bond donors (Lipinski definition) is 1. The minimum Gasteiger partial charge on any atom is -0.481 e. The fraction of sp³-hybridized carbons (Fsp3) is 0.167. The quantitative estimate of drug-likeness (QED) is 0.882. The minimum atomic E-state index is -1.09. The molecule has 1 N–H and O–H groups in total. The number of aryl methyl sites for hydroxylation is 1. The Morgan fingerprint density at radius 3 is 2.50 bits per heavy atom. The lowest BCUT2D eigenvalue weighted by Crippen LogP contribution is -2.05. The first kappa shape index (κ1) is 14.4. The molecule has 2 rings (SSSR count). The first-order valence-corrected chi connectivity index (χ1v) is 6.42. The summed E-state index contributed by atoms with van der Waals surface area (Å²) in [6.07, 6.45) is 1.35. The van der Waals surface area contributed by atoms with Crippen LogP contribution in [0.2, 0.25) is 0 Å². The van der Waals surface area contributed by atoms with E-state index in [1.807, 2.05) is 0 Å². The van der Waals surface area contributed by atoms with E-state index in [1.54, 1.807) is 6.92 Å². The highest BCUT2D eigenvalue weighted by atomic mass is 32.2. The summed E-state index contributed by atoms with van der Waals surface area (Å²) in [5.41, 5.74) is -0.0269. The Hall–Kier alpha value is -1.96. The van der Waals surface area contributed by atoms with Crippen molar-refractivity contribution in [3.63, 3.8) is 0 Å². The van der Waals surface area contributed by atoms with Gasteiger partial charge in [-0.1, -0.05) is 11.8 Å². The molecule has 0 aliphatic heterocycles. The van der Waals surface area contributed by atoms with Crippen LogP contribution in [-0.2, 0) is 4.79 Å². The first-order chi connectivity index (χ1) is 9.38. The van der Waals surface area contributed by atoms with E-state index in [1.165, 1.54) is 6.20 Å². The Morgan fingerprint density at radius 1 is 1.35 bits per heavy atom. The van der Waals surface area contributed by atoms with E-state index < -0.39 is 29.1 Å². The molecule has 0 atom stereocenters. The molecule has 106 valence electrons. The van der Waals surface area contributed by atoms with Crippen LogP contribution in [0.4, 0.5) is 13.2 Å². The summed E-state index contributed by atoms with van der Waals surface area (Å²) in [6, 6.07) is 1.11. The molecule has 0 saturated heterocycles. The number of hydrogen-bond acceptors (Lipinski definition) is 3. The molecule has 0 saturated carbocycles. The number of thioether (sulfide) groups is 1. The monoisotopic (exact) mass is 302 g/mol. The highest BCUT2D eigenvalue weighted by molar-refractivity contribution is 7.99. The molecule has 0 unspecified atom stereocenters. The highest BCUT2D eigenvalue weighted by Gasteiger charge is 2.18. The second kappa shape index (κ2) is 5.58. The van der Waals surface area contributed by atoms with Gasteiger partial charge >= 0.3 is 5.97 Å². The Bertz CT molecular complexity index is 650. The molecule has 0 aliphatic carbocycles. The first-order valence-electron chi connectivity index (χ1n) is 5.44. The number of aliphatic carboxylic acids is 1. The molecule has 0 amide bonds. The maximum atomic E-state index is 13.7. The van der Waals surface area contributed by atoms with Gasteiger partial charge in [0.1, 0.15) is 11.5 Å². The SMILES string of the molecule is Cc1cn(-c2c(F)cc(F)cc2F)c(SCC(=O)O)n1. The van der Waals surface area contributed by atoms with Crippen LogP contribution in [0.5, 0.6) is 0 Å². The van der Waals surface area contributed by atoms with E-state index in [0.717, 1.165) is 16.3 Å². The highest BCUT2D eigenvalue weighted by Crippen LogP contribution is 2.26. The largest absolute Gasteiger partial charge is 0.481 e. The number of rotatable bonds is 4. The Morgan fingerprint density at radius 2 is 1.95 bits per heavy atom. The smallest absolute Gasteiger partial charge is 0.313 e. The van der Waals surface area contributed by atoms with E-state index in [4.69, 9.17) is 5.11 Å². The summed E-state index contributed by atoms with van der Waals surface area (Å²) in [5, 5.41) is 8.75. The Kier molecular flexibility index (Phi) is 4.03. The number of carboxylic acid groups (broad SMARTS) is 1. The summed E-state index contributed by atoms with van der Waals surface area (Å²) in [4.78, 5) is 14.5. The Labute approximate surface area is 116 Å². The van der Waals surface area contributed by atoms with Gasteiger partial charge < -0.3 is 5.11 Å². The van der Waals surface area contributed by atoms with Gasteiger partial charge in [-0.25, -0.2) is 18.2 Å². The third kappa shape index (κ3) is 2.96. The van der Waals surface area contributed by atoms with E-state index in [-0.39, 0.29) is 10.9 Å². The van der Waals surface area contributed by atoms with Crippen molar-refractivity contribution in [3.05, 3.63) is 41.5 Å². The predicted molar refractivity (Wildman–Crippen MR) is 66.5 cm³/mol. The van der Waals surface area contributed by atoms with Crippen molar-refractivity contribution >= 4 is 17.7 Å². The molecule has 0 fully saturated rings. The minimum absolute atomic E-state index is 0.120. The third-order valence-electron chi connectivity index (χ3n) is 2.34. The molecule has 4 nitrogen and oxygen atoms in total. The van der Waals surface area contributed by atoms with Gasteiger partial charge in [0.05, 0.1) is 11.4 Å². The van der Waals surface area contributed by atoms with Gasteiger partial charge in [-0.3, -0.25) is 9.36 Å². The number of carbonyl (C=O) groups is 1. The van der Waals surface area contributed by atoms with Crippen LogP contribution in [0.15, 0.2) is 23.5 Å². The van der Waals surface area contributed by atoms with Crippen molar-refractivity contribution in [2.75, 3.05) is 5.75 Å². The number of nitrogens with zero attached hydrogens (tertiary/aromatic N) is 2. The van der Waals surface area contributed by atoms with Crippen LogP contribution in [0, 0.1) is 24.4 Å². The average Bonchev–Trinajstić information content (AvgIpc) is 2.66. The van der Waals surface area contributed by atoms with Crippen LogP contribution in [-0.4, -0.2) is 26.4 Å². The van der Waals surface area contributed by atoms with E-state index in [9.17, 15) is 18.0 Å². The normalized spacial score (nSPS) is 10.8. The van der Waals surface area contributed by atoms with Crippen LogP contribution in [0.1, 0.15) is 5.69 Å². The lowest BCUT2D eigenvalue weighted by Gasteiger charge is -2.09.